The first kappa shape index (κ1) is 18.4. The van der Waals surface area contributed by atoms with Gasteiger partial charge in [-0.1, -0.05) is 13.8 Å². The molecule has 0 N–H and O–H groups in total. The number of amides is 1. The summed E-state index contributed by atoms with van der Waals surface area (Å²) >= 11 is 2.82. The number of carbonyl (C=O) groups is 1. The minimum absolute atomic E-state index is 0.0545. The lowest BCUT2D eigenvalue weighted by Gasteiger charge is -2.19. The van der Waals surface area contributed by atoms with Gasteiger partial charge in [-0.2, -0.15) is 0 Å². The summed E-state index contributed by atoms with van der Waals surface area (Å²) in [6, 6.07) is 2.06. The van der Waals surface area contributed by atoms with E-state index in [-0.39, 0.29) is 10.0 Å². The Hall–Kier alpha value is -0.660. The monoisotopic (exact) mass is 399 g/mol. The molecule has 0 aliphatic heterocycles. The third-order valence-electron chi connectivity index (χ3n) is 2.89. The summed E-state index contributed by atoms with van der Waals surface area (Å²) in [5.41, 5.74) is -0.0545. The van der Waals surface area contributed by atoms with Crippen LogP contribution in [0.4, 0.5) is 4.39 Å². The summed E-state index contributed by atoms with van der Waals surface area (Å²) in [4.78, 5) is 13.2. The summed E-state index contributed by atoms with van der Waals surface area (Å²) in [5.74, 6) is -0.887. The van der Waals surface area contributed by atoms with E-state index in [1.54, 1.807) is 7.05 Å². The number of hydrogen-bond donors (Lipinski definition) is 0. The molecule has 0 radical (unpaired) electrons. The molecule has 0 spiro atoms. The Kier molecular flexibility index (Phi) is 6.19. The number of halogens is 3. The highest BCUT2D eigenvalue weighted by atomic mass is 79.9. The molecule has 8 heteroatoms. The lowest BCUT2D eigenvalue weighted by Crippen LogP contribution is -2.28. The van der Waals surface area contributed by atoms with Gasteiger partial charge in [-0.05, 0) is 40.4 Å². The van der Waals surface area contributed by atoms with E-state index < -0.39 is 25.7 Å². The van der Waals surface area contributed by atoms with Gasteiger partial charge in [0, 0.05) is 29.8 Å². The van der Waals surface area contributed by atoms with Gasteiger partial charge in [-0.15, -0.1) is 0 Å². The van der Waals surface area contributed by atoms with Crippen molar-refractivity contribution in [3.8, 4) is 0 Å². The van der Waals surface area contributed by atoms with Crippen molar-refractivity contribution in [1.29, 1.82) is 0 Å². The van der Waals surface area contributed by atoms with Crippen molar-refractivity contribution in [1.82, 2.24) is 4.90 Å². The van der Waals surface area contributed by atoms with E-state index in [0.717, 1.165) is 18.6 Å². The van der Waals surface area contributed by atoms with Crippen LogP contribution in [0.2, 0.25) is 0 Å². The van der Waals surface area contributed by atoms with E-state index in [4.69, 9.17) is 10.7 Å². The first-order valence-electron chi connectivity index (χ1n) is 6.23. The molecular formula is C13H16BrClFNO3S. The lowest BCUT2D eigenvalue weighted by atomic mass is 10.1. The van der Waals surface area contributed by atoms with Crippen LogP contribution in [0.1, 0.15) is 30.6 Å². The van der Waals surface area contributed by atoms with Gasteiger partial charge in [0.15, 0.2) is 0 Å². The summed E-state index contributed by atoms with van der Waals surface area (Å²) in [6.45, 7) is 4.54. The third-order valence-corrected chi connectivity index (χ3v) is 5.31. The second-order valence-electron chi connectivity index (χ2n) is 5.12. The lowest BCUT2D eigenvalue weighted by molar-refractivity contribution is 0.0788. The Morgan fingerprint density at radius 3 is 2.48 bits per heavy atom. The van der Waals surface area contributed by atoms with Crippen LogP contribution in [0.3, 0.4) is 0 Å². The van der Waals surface area contributed by atoms with Gasteiger partial charge in [0.25, 0.3) is 15.0 Å². The van der Waals surface area contributed by atoms with Crippen LogP contribution in [0.15, 0.2) is 21.5 Å². The molecule has 0 saturated heterocycles. The molecule has 0 bridgehead atoms. The highest BCUT2D eigenvalue weighted by Crippen LogP contribution is 2.29. The Labute approximate surface area is 136 Å². The maximum absolute atomic E-state index is 13.8. The molecule has 0 fully saturated rings. The molecule has 1 amide bonds. The van der Waals surface area contributed by atoms with Crippen LogP contribution in [0, 0.1) is 11.7 Å². The van der Waals surface area contributed by atoms with Gasteiger partial charge in [0.2, 0.25) is 0 Å². The molecule has 1 aromatic carbocycles. The average Bonchev–Trinajstić information content (AvgIpc) is 2.36. The molecule has 0 aliphatic carbocycles. The van der Waals surface area contributed by atoms with Gasteiger partial charge in [0.05, 0.1) is 4.47 Å². The molecule has 21 heavy (non-hydrogen) atoms. The van der Waals surface area contributed by atoms with Gasteiger partial charge >= 0.3 is 0 Å². The molecule has 4 nitrogen and oxygen atoms in total. The van der Waals surface area contributed by atoms with Gasteiger partial charge in [0.1, 0.15) is 10.7 Å². The van der Waals surface area contributed by atoms with Crippen molar-refractivity contribution in [3.63, 3.8) is 0 Å². The molecule has 118 valence electrons. The van der Waals surface area contributed by atoms with Crippen LogP contribution in [0.5, 0.6) is 0 Å². The fourth-order valence-corrected chi connectivity index (χ4v) is 3.73. The van der Waals surface area contributed by atoms with Crippen LogP contribution in [-0.4, -0.2) is 32.8 Å². The maximum Gasteiger partial charge on any atom is 0.262 e. The Morgan fingerprint density at radius 1 is 1.43 bits per heavy atom. The van der Waals surface area contributed by atoms with E-state index in [2.05, 4.69) is 15.9 Å². The van der Waals surface area contributed by atoms with E-state index in [1.807, 2.05) is 13.8 Å². The predicted molar refractivity (Wildman–Crippen MR) is 83.6 cm³/mol. The van der Waals surface area contributed by atoms with Crippen LogP contribution in [0.25, 0.3) is 0 Å². The van der Waals surface area contributed by atoms with E-state index >= 15 is 0 Å². The molecular weight excluding hydrogens is 385 g/mol. The van der Waals surface area contributed by atoms with Gasteiger partial charge in [-0.3, -0.25) is 4.79 Å². The average molecular weight is 401 g/mol. The minimum Gasteiger partial charge on any atom is -0.342 e. The number of nitrogens with zero attached hydrogens (tertiary/aromatic N) is 1. The largest absolute Gasteiger partial charge is 0.342 e. The molecule has 0 atom stereocenters. The van der Waals surface area contributed by atoms with E-state index in [0.29, 0.717) is 12.5 Å². The zero-order valence-electron chi connectivity index (χ0n) is 11.9. The van der Waals surface area contributed by atoms with Crippen molar-refractivity contribution >= 4 is 41.6 Å². The van der Waals surface area contributed by atoms with Crippen molar-refractivity contribution in [2.45, 2.75) is 25.2 Å². The van der Waals surface area contributed by atoms with Crippen molar-refractivity contribution in [2.75, 3.05) is 13.6 Å². The van der Waals surface area contributed by atoms with Crippen molar-refractivity contribution in [2.24, 2.45) is 5.92 Å². The van der Waals surface area contributed by atoms with Crippen LogP contribution in [-0.2, 0) is 9.05 Å². The van der Waals surface area contributed by atoms with E-state index in [9.17, 15) is 17.6 Å². The highest BCUT2D eigenvalue weighted by Gasteiger charge is 2.22. The topological polar surface area (TPSA) is 54.5 Å². The third kappa shape index (κ3) is 4.93. The number of carbonyl (C=O) groups excluding carboxylic acids is 1. The summed E-state index contributed by atoms with van der Waals surface area (Å²) < 4.78 is 36.3. The number of rotatable bonds is 5. The molecule has 1 rings (SSSR count). The van der Waals surface area contributed by atoms with Crippen molar-refractivity contribution in [3.05, 3.63) is 28.0 Å². The van der Waals surface area contributed by atoms with Gasteiger partial charge in [-0.25, -0.2) is 12.8 Å². The Morgan fingerprint density at radius 2 is 2.00 bits per heavy atom. The first-order chi connectivity index (χ1) is 9.54. The summed E-state index contributed by atoms with van der Waals surface area (Å²) in [6.07, 6.45) is 0.794. The number of hydrogen-bond acceptors (Lipinski definition) is 3. The SMILES string of the molecule is CC(C)CCN(C)C(=O)c1cc(F)c(Br)c(S(=O)(=O)Cl)c1. The zero-order valence-corrected chi connectivity index (χ0v) is 15.0. The summed E-state index contributed by atoms with van der Waals surface area (Å²) in [5, 5.41) is 0. The zero-order chi connectivity index (χ0) is 16.4. The van der Waals surface area contributed by atoms with Crippen LogP contribution < -0.4 is 0 Å². The Bertz CT molecular complexity index is 649. The van der Waals surface area contributed by atoms with Gasteiger partial charge < -0.3 is 4.90 Å². The van der Waals surface area contributed by atoms with Crippen LogP contribution >= 0.6 is 26.6 Å². The molecule has 0 unspecified atom stereocenters. The quantitative estimate of drug-likeness (QED) is 0.709. The summed E-state index contributed by atoms with van der Waals surface area (Å²) in [7, 11) is 2.68. The first-order valence-corrected chi connectivity index (χ1v) is 9.33. The molecule has 0 saturated carbocycles. The molecule has 0 heterocycles. The maximum atomic E-state index is 13.8. The minimum atomic E-state index is -4.15. The Balaban J connectivity index is 3.14. The highest BCUT2D eigenvalue weighted by molar-refractivity contribution is 9.10. The van der Waals surface area contributed by atoms with E-state index in [1.165, 1.54) is 4.90 Å². The second kappa shape index (κ2) is 7.07. The molecule has 0 aromatic heterocycles. The standard InChI is InChI=1S/C13H16BrClFNO3S/c1-8(2)4-5-17(3)13(18)9-6-10(16)12(14)11(7-9)21(15,19)20/h6-8H,4-5H2,1-3H3. The second-order valence-corrected chi connectivity index (χ2v) is 8.44. The van der Waals surface area contributed by atoms with Crippen molar-refractivity contribution < 1.29 is 17.6 Å². The normalized spacial score (nSPS) is 11.8. The fraction of sp³-hybridized carbons (Fsp3) is 0.462. The predicted octanol–water partition coefficient (Wildman–Crippen LogP) is 3.63. The smallest absolute Gasteiger partial charge is 0.262 e. The number of benzene rings is 1. The molecule has 1 aromatic rings. The molecule has 0 aliphatic rings. The fourth-order valence-electron chi connectivity index (χ4n) is 1.64.